The molecule has 0 aliphatic carbocycles. The number of H-pyrrole nitrogens is 1. The molecule has 0 radical (unpaired) electrons. The van der Waals surface area contributed by atoms with E-state index in [1.165, 1.54) is 6.07 Å². The third kappa shape index (κ3) is 3.48. The number of hydrogen-bond donors (Lipinski definition) is 1. The van der Waals surface area contributed by atoms with Crippen LogP contribution in [0.2, 0.25) is 0 Å². The number of hydrogen-bond acceptors (Lipinski definition) is 4. The lowest BCUT2D eigenvalue weighted by molar-refractivity contribution is 0.405. The van der Waals surface area contributed by atoms with Crippen LogP contribution in [0.1, 0.15) is 11.3 Å². The number of aromatic nitrogens is 2. The molecule has 2 rings (SSSR count). The zero-order chi connectivity index (χ0) is 13.7. The van der Waals surface area contributed by atoms with E-state index in [0.29, 0.717) is 5.69 Å². The Labute approximate surface area is 115 Å². The van der Waals surface area contributed by atoms with Crippen molar-refractivity contribution in [2.75, 3.05) is 13.4 Å². The molecule has 0 saturated heterocycles. The van der Waals surface area contributed by atoms with E-state index in [1.807, 2.05) is 36.6 Å². The molecule has 19 heavy (non-hydrogen) atoms. The number of ether oxygens (including phenoxy) is 1. The third-order valence-electron chi connectivity index (χ3n) is 2.55. The second kappa shape index (κ2) is 6.24. The van der Waals surface area contributed by atoms with Crippen LogP contribution in [0.15, 0.2) is 40.0 Å². The fourth-order valence-electron chi connectivity index (χ4n) is 1.59. The molecule has 0 bridgehead atoms. The van der Waals surface area contributed by atoms with Gasteiger partial charge in [0, 0.05) is 11.0 Å². The van der Waals surface area contributed by atoms with Crippen LogP contribution < -0.4 is 10.3 Å². The lowest BCUT2D eigenvalue weighted by Crippen LogP contribution is -2.05. The second-order valence-corrected chi connectivity index (χ2v) is 4.64. The first-order chi connectivity index (χ1) is 9.22. The van der Waals surface area contributed by atoms with Gasteiger partial charge in [-0.15, -0.1) is 11.8 Å². The molecule has 1 N–H and O–H groups in total. The standard InChI is InChI=1S/C14H14N2O2S/c1-18-12-7-4-10(9-13(12)19-2)3-5-11-6-8-14(17)16-15-11/h3-9H,1-2H3,(H,16,17)/b5-3+. The summed E-state index contributed by atoms with van der Waals surface area (Å²) < 4.78 is 5.27. The number of nitrogens with one attached hydrogen (secondary N) is 1. The Morgan fingerprint density at radius 3 is 2.74 bits per heavy atom. The molecule has 0 atom stereocenters. The highest BCUT2D eigenvalue weighted by molar-refractivity contribution is 7.98. The van der Waals surface area contributed by atoms with Crippen molar-refractivity contribution in [3.05, 3.63) is 51.9 Å². The van der Waals surface area contributed by atoms with E-state index in [9.17, 15) is 4.79 Å². The fourth-order valence-corrected chi connectivity index (χ4v) is 2.19. The fraction of sp³-hybridized carbons (Fsp3) is 0.143. The molecule has 5 heteroatoms. The SMILES string of the molecule is COc1ccc(/C=C/c2ccc(=O)[nH]n2)cc1SC. The summed E-state index contributed by atoms with van der Waals surface area (Å²) in [5, 5.41) is 6.31. The summed E-state index contributed by atoms with van der Waals surface area (Å²) >= 11 is 1.64. The Morgan fingerprint density at radius 2 is 2.11 bits per heavy atom. The van der Waals surface area contributed by atoms with Crippen molar-refractivity contribution >= 4 is 23.9 Å². The Bertz CT molecular complexity index is 630. The van der Waals surface area contributed by atoms with Gasteiger partial charge in [-0.25, -0.2) is 5.10 Å². The van der Waals surface area contributed by atoms with E-state index in [0.717, 1.165) is 16.2 Å². The minimum absolute atomic E-state index is 0.203. The van der Waals surface area contributed by atoms with E-state index in [4.69, 9.17) is 4.74 Å². The Kier molecular flexibility index (Phi) is 4.41. The van der Waals surface area contributed by atoms with Crippen molar-refractivity contribution in [1.29, 1.82) is 0 Å². The van der Waals surface area contributed by atoms with Crippen LogP contribution in [0.4, 0.5) is 0 Å². The molecule has 0 fully saturated rings. The lowest BCUT2D eigenvalue weighted by atomic mass is 10.2. The van der Waals surface area contributed by atoms with Gasteiger partial charge in [-0.2, -0.15) is 5.10 Å². The predicted octanol–water partition coefficient (Wildman–Crippen LogP) is 2.67. The van der Waals surface area contributed by atoms with Crippen molar-refractivity contribution in [3.8, 4) is 5.75 Å². The summed E-state index contributed by atoms with van der Waals surface area (Å²) in [6, 6.07) is 9.08. The van der Waals surface area contributed by atoms with Crippen LogP contribution in [-0.2, 0) is 0 Å². The monoisotopic (exact) mass is 274 g/mol. The molecule has 0 spiro atoms. The number of methoxy groups -OCH3 is 1. The van der Waals surface area contributed by atoms with E-state index < -0.39 is 0 Å². The second-order valence-electron chi connectivity index (χ2n) is 3.79. The van der Waals surface area contributed by atoms with Gasteiger partial charge in [0.15, 0.2) is 0 Å². The number of aromatic amines is 1. The topological polar surface area (TPSA) is 55.0 Å². The third-order valence-corrected chi connectivity index (χ3v) is 3.31. The minimum Gasteiger partial charge on any atom is -0.496 e. The molecular weight excluding hydrogens is 260 g/mol. The average Bonchev–Trinajstić information content (AvgIpc) is 2.46. The maximum atomic E-state index is 10.9. The van der Waals surface area contributed by atoms with Gasteiger partial charge in [0.25, 0.3) is 5.56 Å². The van der Waals surface area contributed by atoms with Gasteiger partial charge in [-0.3, -0.25) is 4.79 Å². The lowest BCUT2D eigenvalue weighted by Gasteiger charge is -2.06. The molecular formula is C14H14N2O2S. The van der Waals surface area contributed by atoms with Gasteiger partial charge in [-0.05, 0) is 36.1 Å². The van der Waals surface area contributed by atoms with Crippen LogP contribution in [-0.4, -0.2) is 23.6 Å². The van der Waals surface area contributed by atoms with Crippen LogP contribution >= 0.6 is 11.8 Å². The summed E-state index contributed by atoms with van der Waals surface area (Å²) in [6.45, 7) is 0. The van der Waals surface area contributed by atoms with Crippen LogP contribution in [0.3, 0.4) is 0 Å². The normalized spacial score (nSPS) is 10.8. The molecule has 0 aliphatic heterocycles. The Morgan fingerprint density at radius 1 is 1.26 bits per heavy atom. The molecule has 1 aromatic heterocycles. The average molecular weight is 274 g/mol. The van der Waals surface area contributed by atoms with Crippen molar-refractivity contribution in [2.24, 2.45) is 0 Å². The van der Waals surface area contributed by atoms with Gasteiger partial charge < -0.3 is 4.74 Å². The van der Waals surface area contributed by atoms with Crippen molar-refractivity contribution in [1.82, 2.24) is 10.2 Å². The summed E-state index contributed by atoms with van der Waals surface area (Å²) in [4.78, 5) is 12.0. The number of nitrogens with zero attached hydrogens (tertiary/aromatic N) is 1. The minimum atomic E-state index is -0.203. The summed E-state index contributed by atoms with van der Waals surface area (Å²) in [7, 11) is 1.66. The Balaban J connectivity index is 2.23. The van der Waals surface area contributed by atoms with Crippen molar-refractivity contribution in [2.45, 2.75) is 4.90 Å². The van der Waals surface area contributed by atoms with Crippen LogP contribution in [0.5, 0.6) is 5.75 Å². The molecule has 0 amide bonds. The van der Waals surface area contributed by atoms with Crippen molar-refractivity contribution in [3.63, 3.8) is 0 Å². The first kappa shape index (κ1) is 13.4. The summed E-state index contributed by atoms with van der Waals surface area (Å²) in [6.07, 6.45) is 5.80. The van der Waals surface area contributed by atoms with E-state index in [1.54, 1.807) is 24.9 Å². The van der Waals surface area contributed by atoms with E-state index in [2.05, 4.69) is 10.2 Å². The zero-order valence-corrected chi connectivity index (χ0v) is 11.5. The first-order valence-electron chi connectivity index (χ1n) is 5.69. The largest absolute Gasteiger partial charge is 0.496 e. The number of benzene rings is 1. The first-order valence-corrected chi connectivity index (χ1v) is 6.91. The number of rotatable bonds is 4. The molecule has 0 saturated carbocycles. The molecule has 1 heterocycles. The van der Waals surface area contributed by atoms with Crippen LogP contribution in [0.25, 0.3) is 12.2 Å². The summed E-state index contributed by atoms with van der Waals surface area (Å²) in [5.41, 5.74) is 1.56. The van der Waals surface area contributed by atoms with Gasteiger partial charge in [-0.1, -0.05) is 12.1 Å². The highest BCUT2D eigenvalue weighted by Gasteiger charge is 2.01. The Hall–Kier alpha value is -2.01. The van der Waals surface area contributed by atoms with Gasteiger partial charge >= 0.3 is 0 Å². The molecule has 1 aromatic carbocycles. The van der Waals surface area contributed by atoms with Crippen molar-refractivity contribution < 1.29 is 4.74 Å². The highest BCUT2D eigenvalue weighted by Crippen LogP contribution is 2.28. The maximum absolute atomic E-state index is 10.9. The van der Waals surface area contributed by atoms with E-state index in [-0.39, 0.29) is 5.56 Å². The van der Waals surface area contributed by atoms with Crippen LogP contribution in [0, 0.1) is 0 Å². The molecule has 0 unspecified atom stereocenters. The van der Waals surface area contributed by atoms with Gasteiger partial charge in [0.2, 0.25) is 0 Å². The predicted molar refractivity (Wildman–Crippen MR) is 78.6 cm³/mol. The smallest absolute Gasteiger partial charge is 0.264 e. The van der Waals surface area contributed by atoms with Gasteiger partial charge in [0.1, 0.15) is 5.75 Å². The maximum Gasteiger partial charge on any atom is 0.264 e. The quantitative estimate of drug-likeness (QED) is 0.871. The van der Waals surface area contributed by atoms with E-state index >= 15 is 0 Å². The molecule has 98 valence electrons. The highest BCUT2D eigenvalue weighted by atomic mass is 32.2. The number of thioether (sulfide) groups is 1. The zero-order valence-electron chi connectivity index (χ0n) is 10.7. The molecule has 0 aliphatic rings. The summed E-state index contributed by atoms with van der Waals surface area (Å²) in [5.74, 6) is 0.867. The molecule has 4 nitrogen and oxygen atoms in total. The molecule has 2 aromatic rings. The van der Waals surface area contributed by atoms with Gasteiger partial charge in [0.05, 0.1) is 12.8 Å².